The van der Waals surface area contributed by atoms with Gasteiger partial charge in [0.25, 0.3) is 0 Å². The maximum atomic E-state index is 13.0. The fourth-order valence-corrected chi connectivity index (χ4v) is 4.41. The van der Waals surface area contributed by atoms with Crippen LogP contribution >= 0.6 is 0 Å². The Morgan fingerprint density at radius 2 is 1.41 bits per heavy atom. The number of hydrogen-bond acceptors (Lipinski definition) is 8. The van der Waals surface area contributed by atoms with Crippen molar-refractivity contribution in [3.05, 3.63) is 90.3 Å². The van der Waals surface area contributed by atoms with Crippen LogP contribution in [-0.2, 0) is 33.9 Å². The van der Waals surface area contributed by atoms with Gasteiger partial charge in [0, 0.05) is 58.4 Å². The lowest BCUT2D eigenvalue weighted by atomic mass is 10.1. The SMILES string of the molecule is COC1COCC(NC(=O)CN(CCN(Cc2ccccn2)Cc2ccccn2)Cc2ccccn2)C1. The molecular formula is C28H36N6O3. The van der Waals surface area contributed by atoms with Crippen LogP contribution in [0.2, 0.25) is 0 Å². The molecule has 4 heterocycles. The number of hydrogen-bond donors (Lipinski definition) is 1. The summed E-state index contributed by atoms with van der Waals surface area (Å²) in [6.07, 6.45) is 6.18. The second kappa shape index (κ2) is 14.5. The molecule has 9 heteroatoms. The Hall–Kier alpha value is -3.24. The first-order valence-electron chi connectivity index (χ1n) is 12.7. The van der Waals surface area contributed by atoms with Gasteiger partial charge in [-0.1, -0.05) is 18.2 Å². The van der Waals surface area contributed by atoms with E-state index in [4.69, 9.17) is 9.47 Å². The number of rotatable bonds is 13. The highest BCUT2D eigenvalue weighted by Gasteiger charge is 2.24. The zero-order chi connectivity index (χ0) is 25.7. The van der Waals surface area contributed by atoms with Crippen LogP contribution in [0.15, 0.2) is 73.2 Å². The summed E-state index contributed by atoms with van der Waals surface area (Å²) in [5.74, 6) is -0.0257. The molecule has 4 rings (SSSR count). The van der Waals surface area contributed by atoms with E-state index in [1.54, 1.807) is 13.3 Å². The van der Waals surface area contributed by atoms with Crippen LogP contribution in [0.25, 0.3) is 0 Å². The van der Waals surface area contributed by atoms with Gasteiger partial charge in [-0.2, -0.15) is 0 Å². The predicted octanol–water partition coefficient (Wildman–Crippen LogP) is 2.30. The molecule has 0 aromatic carbocycles. The van der Waals surface area contributed by atoms with Crippen molar-refractivity contribution < 1.29 is 14.3 Å². The highest BCUT2D eigenvalue weighted by atomic mass is 16.5. The number of methoxy groups -OCH3 is 1. The van der Waals surface area contributed by atoms with Crippen LogP contribution in [-0.4, -0.2) is 82.8 Å². The third kappa shape index (κ3) is 9.29. The Morgan fingerprint density at radius 1 is 0.865 bits per heavy atom. The molecule has 0 spiro atoms. The normalized spacial score (nSPS) is 17.7. The van der Waals surface area contributed by atoms with Gasteiger partial charge in [-0.25, -0.2) is 0 Å². The molecule has 1 saturated heterocycles. The summed E-state index contributed by atoms with van der Waals surface area (Å²) in [5, 5.41) is 3.13. The molecule has 9 nitrogen and oxygen atoms in total. The van der Waals surface area contributed by atoms with Gasteiger partial charge < -0.3 is 14.8 Å². The lowest BCUT2D eigenvalue weighted by Gasteiger charge is -2.30. The topological polar surface area (TPSA) is 92.7 Å². The average molecular weight is 505 g/mol. The minimum atomic E-state index is -0.0484. The van der Waals surface area contributed by atoms with Crippen molar-refractivity contribution in [2.75, 3.05) is 40.0 Å². The van der Waals surface area contributed by atoms with Crippen molar-refractivity contribution in [1.82, 2.24) is 30.1 Å². The number of amides is 1. The van der Waals surface area contributed by atoms with E-state index in [1.807, 2.05) is 67.0 Å². The fraction of sp³-hybridized carbons (Fsp3) is 0.429. The predicted molar refractivity (Wildman–Crippen MR) is 140 cm³/mol. The summed E-state index contributed by atoms with van der Waals surface area (Å²) in [6, 6.07) is 17.7. The average Bonchev–Trinajstić information content (AvgIpc) is 2.93. The Kier molecular flexibility index (Phi) is 10.5. The molecule has 196 valence electrons. The van der Waals surface area contributed by atoms with E-state index in [-0.39, 0.29) is 24.6 Å². The molecular weight excluding hydrogens is 468 g/mol. The minimum absolute atomic E-state index is 0.00965. The van der Waals surface area contributed by atoms with Crippen LogP contribution in [0, 0.1) is 0 Å². The van der Waals surface area contributed by atoms with Crippen LogP contribution in [0.3, 0.4) is 0 Å². The van der Waals surface area contributed by atoms with Gasteiger partial charge in [-0.15, -0.1) is 0 Å². The Labute approximate surface area is 218 Å². The first-order valence-corrected chi connectivity index (χ1v) is 12.7. The summed E-state index contributed by atoms with van der Waals surface area (Å²) in [4.78, 5) is 31.0. The molecule has 3 aromatic heterocycles. The fourth-order valence-electron chi connectivity index (χ4n) is 4.41. The smallest absolute Gasteiger partial charge is 0.234 e. The number of carbonyl (C=O) groups is 1. The van der Waals surface area contributed by atoms with Gasteiger partial charge >= 0.3 is 0 Å². The van der Waals surface area contributed by atoms with Gasteiger partial charge in [0.05, 0.1) is 49.0 Å². The summed E-state index contributed by atoms with van der Waals surface area (Å²) in [6.45, 7) is 4.74. The molecule has 3 aromatic rings. The molecule has 0 aliphatic carbocycles. The van der Waals surface area contributed by atoms with Crippen LogP contribution < -0.4 is 5.32 Å². The number of aromatic nitrogens is 3. The van der Waals surface area contributed by atoms with E-state index in [2.05, 4.69) is 30.1 Å². The van der Waals surface area contributed by atoms with E-state index in [9.17, 15) is 4.79 Å². The number of nitrogens with zero attached hydrogens (tertiary/aromatic N) is 5. The van der Waals surface area contributed by atoms with Crippen molar-refractivity contribution in [2.24, 2.45) is 0 Å². The van der Waals surface area contributed by atoms with Crippen molar-refractivity contribution in [1.29, 1.82) is 0 Å². The van der Waals surface area contributed by atoms with Crippen LogP contribution in [0.1, 0.15) is 23.5 Å². The Bertz CT molecular complexity index is 1020. The van der Waals surface area contributed by atoms with Gasteiger partial charge in [0.15, 0.2) is 0 Å². The van der Waals surface area contributed by atoms with E-state index < -0.39 is 0 Å². The standard InChI is InChI=1S/C28H36N6O3/c1-36-27-16-26(21-37-22-27)32-28(35)20-34(19-25-10-4-7-13-31-25)15-14-33(17-23-8-2-5-11-29-23)18-24-9-3-6-12-30-24/h2-13,26-27H,14-22H2,1H3,(H,32,35). The van der Waals surface area contributed by atoms with Crippen molar-refractivity contribution in [3.63, 3.8) is 0 Å². The van der Waals surface area contributed by atoms with Crippen molar-refractivity contribution in [2.45, 2.75) is 38.2 Å². The molecule has 2 unspecified atom stereocenters. The largest absolute Gasteiger partial charge is 0.379 e. The Balaban J connectivity index is 1.41. The van der Waals surface area contributed by atoms with Crippen molar-refractivity contribution in [3.8, 4) is 0 Å². The summed E-state index contributed by atoms with van der Waals surface area (Å²) in [5.41, 5.74) is 2.92. The van der Waals surface area contributed by atoms with Gasteiger partial charge in [-0.3, -0.25) is 29.5 Å². The molecule has 0 bridgehead atoms. The molecule has 1 aliphatic rings. The van der Waals surface area contributed by atoms with E-state index >= 15 is 0 Å². The van der Waals surface area contributed by atoms with Crippen molar-refractivity contribution >= 4 is 5.91 Å². The van der Waals surface area contributed by atoms with Gasteiger partial charge in [0.2, 0.25) is 5.91 Å². The second-order valence-electron chi connectivity index (χ2n) is 9.28. The maximum Gasteiger partial charge on any atom is 0.234 e. The lowest BCUT2D eigenvalue weighted by Crippen LogP contribution is -2.49. The first kappa shape index (κ1) is 26.8. The highest BCUT2D eigenvalue weighted by molar-refractivity contribution is 5.78. The van der Waals surface area contributed by atoms with E-state index in [0.29, 0.717) is 39.4 Å². The third-order valence-electron chi connectivity index (χ3n) is 6.30. The molecule has 37 heavy (non-hydrogen) atoms. The van der Waals surface area contributed by atoms with Crippen LogP contribution in [0.4, 0.5) is 0 Å². The molecule has 0 saturated carbocycles. The zero-order valence-electron chi connectivity index (χ0n) is 21.4. The number of nitrogens with one attached hydrogen (secondary N) is 1. The van der Waals surface area contributed by atoms with Crippen LogP contribution in [0.5, 0.6) is 0 Å². The maximum absolute atomic E-state index is 13.0. The highest BCUT2D eigenvalue weighted by Crippen LogP contribution is 2.11. The molecule has 1 fully saturated rings. The van der Waals surface area contributed by atoms with E-state index in [1.165, 1.54) is 0 Å². The monoisotopic (exact) mass is 504 g/mol. The Morgan fingerprint density at radius 3 is 1.92 bits per heavy atom. The molecule has 1 amide bonds. The molecule has 1 aliphatic heterocycles. The third-order valence-corrected chi connectivity index (χ3v) is 6.30. The zero-order valence-corrected chi connectivity index (χ0v) is 21.4. The lowest BCUT2D eigenvalue weighted by molar-refractivity contribution is -0.125. The van der Waals surface area contributed by atoms with E-state index in [0.717, 1.165) is 30.0 Å². The summed E-state index contributed by atoms with van der Waals surface area (Å²) >= 11 is 0. The van der Waals surface area contributed by atoms with Gasteiger partial charge in [0.1, 0.15) is 0 Å². The number of pyridine rings is 3. The quantitative estimate of drug-likeness (QED) is 0.379. The molecule has 0 radical (unpaired) electrons. The number of carbonyl (C=O) groups excluding carboxylic acids is 1. The minimum Gasteiger partial charge on any atom is -0.379 e. The molecule has 1 N–H and O–H groups in total. The first-order chi connectivity index (χ1) is 18.2. The summed E-state index contributed by atoms with van der Waals surface area (Å²) in [7, 11) is 1.68. The summed E-state index contributed by atoms with van der Waals surface area (Å²) < 4.78 is 11.0. The molecule has 2 atom stereocenters. The number of ether oxygens (including phenoxy) is 2. The second-order valence-corrected chi connectivity index (χ2v) is 9.28. The van der Waals surface area contributed by atoms with Gasteiger partial charge in [-0.05, 0) is 42.8 Å².